The first kappa shape index (κ1) is 45.6. The second-order valence-corrected chi connectivity index (χ2v) is 16.9. The molecule has 2 fully saturated rings. The van der Waals surface area contributed by atoms with Crippen molar-refractivity contribution in [3.05, 3.63) is 59.7 Å². The first-order chi connectivity index (χ1) is 27.2. The summed E-state index contributed by atoms with van der Waals surface area (Å²) in [6, 6.07) is 15.3. The van der Waals surface area contributed by atoms with Crippen LogP contribution in [-0.4, -0.2) is 51.6 Å². The molecule has 0 bridgehead atoms. The first-order valence-electron chi connectivity index (χ1n) is 22.0. The Morgan fingerprint density at radius 3 is 1.25 bits per heavy atom. The Hall–Kier alpha value is -3.10. The normalized spacial score (nSPS) is 18.6. The van der Waals surface area contributed by atoms with Crippen LogP contribution in [0.2, 0.25) is 0 Å². The van der Waals surface area contributed by atoms with Crippen molar-refractivity contribution >= 4 is 11.9 Å². The van der Waals surface area contributed by atoms with Crippen LogP contribution in [0.15, 0.2) is 48.5 Å². The highest BCUT2D eigenvalue weighted by Gasteiger charge is 2.39. The second kappa shape index (κ2) is 24.0. The van der Waals surface area contributed by atoms with Gasteiger partial charge in [-0.15, -0.1) is 0 Å². The molecule has 2 aromatic carbocycles. The zero-order chi connectivity index (χ0) is 40.2. The maximum absolute atomic E-state index is 12.9. The highest BCUT2D eigenvalue weighted by molar-refractivity contribution is 5.85. The molecule has 2 saturated carbocycles. The maximum atomic E-state index is 12.9. The molecule has 0 spiro atoms. The average molecular weight is 779 g/mol. The summed E-state index contributed by atoms with van der Waals surface area (Å²) >= 11 is 0. The fourth-order valence-electron chi connectivity index (χ4n) is 9.72. The lowest BCUT2D eigenvalue weighted by Crippen LogP contribution is -2.44. The van der Waals surface area contributed by atoms with Gasteiger partial charge in [-0.3, -0.25) is 0 Å². The largest absolute Gasteiger partial charge is 0.494 e. The number of ether oxygens (including phenoxy) is 6. The topological polar surface area (TPSA) is 89.5 Å². The van der Waals surface area contributed by atoms with E-state index in [1.165, 1.54) is 117 Å². The van der Waals surface area contributed by atoms with E-state index in [9.17, 15) is 9.59 Å². The molecule has 0 aromatic heterocycles. The lowest BCUT2D eigenvalue weighted by Gasteiger charge is -2.43. The van der Waals surface area contributed by atoms with E-state index in [0.717, 1.165) is 47.3 Å². The third-order valence-electron chi connectivity index (χ3n) is 13.3. The number of carbonyl (C=O) groups is 2. The molecule has 2 aliphatic carbocycles. The minimum atomic E-state index is -1.32. The van der Waals surface area contributed by atoms with E-state index >= 15 is 0 Å². The SMILES string of the molecule is CCCC(C)C1(CCCOc2ccc(CO[C@@H](C(=O)OC)[C@@H](OCc3ccc(OCCCC4(C(C)CCC)CCCCC4)cc3)C(=O)OC)cc2)CCCCC1. The molecule has 2 unspecified atom stereocenters. The third kappa shape index (κ3) is 13.5. The van der Waals surface area contributed by atoms with Crippen LogP contribution in [0.3, 0.4) is 0 Å². The van der Waals surface area contributed by atoms with Crippen molar-refractivity contribution in [2.24, 2.45) is 22.7 Å². The standard InChI is InChI=1S/C48H74O8/c1-7-17-37(3)47(27-11-9-12-28-47)31-15-33-53-41-23-19-39(20-24-41)35-55-43(45(49)51-5)44(46(50)52-6)56-36-40-21-25-42(26-22-40)54-34-16-32-48(38(4)18-8-2)29-13-10-14-30-48/h19-26,37-38,43-44H,7-18,27-36H2,1-6H3/t37?,38?,43-,44-/m1/s1. The minimum absolute atomic E-state index is 0.0689. The molecule has 4 atom stereocenters. The van der Waals surface area contributed by atoms with E-state index in [1.807, 2.05) is 48.5 Å². The molecule has 2 aliphatic rings. The molecule has 314 valence electrons. The molecular weight excluding hydrogens is 705 g/mol. The molecule has 0 radical (unpaired) electrons. The third-order valence-corrected chi connectivity index (χ3v) is 13.3. The molecule has 0 heterocycles. The fraction of sp³-hybridized carbons (Fsp3) is 0.708. The number of hydrogen-bond acceptors (Lipinski definition) is 8. The molecule has 0 N–H and O–H groups in total. The first-order valence-corrected chi connectivity index (χ1v) is 22.0. The van der Waals surface area contributed by atoms with Gasteiger partial charge in [0.1, 0.15) is 11.5 Å². The fourth-order valence-corrected chi connectivity index (χ4v) is 9.72. The number of esters is 2. The van der Waals surface area contributed by atoms with E-state index in [2.05, 4.69) is 27.7 Å². The van der Waals surface area contributed by atoms with E-state index < -0.39 is 24.1 Å². The van der Waals surface area contributed by atoms with Crippen molar-refractivity contribution in [1.29, 1.82) is 0 Å². The van der Waals surface area contributed by atoms with Gasteiger partial charge in [-0.25, -0.2) is 9.59 Å². The van der Waals surface area contributed by atoms with Crippen LogP contribution >= 0.6 is 0 Å². The molecule has 8 heteroatoms. The van der Waals surface area contributed by atoms with Gasteiger partial charge in [-0.05, 0) is 109 Å². The summed E-state index contributed by atoms with van der Waals surface area (Å²) in [7, 11) is 2.53. The Labute approximate surface area is 339 Å². The molecule has 0 saturated heterocycles. The molecule has 0 aliphatic heterocycles. The smallest absolute Gasteiger partial charge is 0.338 e. The van der Waals surface area contributed by atoms with Crippen molar-refractivity contribution in [2.45, 2.75) is 169 Å². The number of rotatable bonds is 25. The van der Waals surface area contributed by atoms with Crippen molar-refractivity contribution in [3.8, 4) is 11.5 Å². The highest BCUT2D eigenvalue weighted by Crippen LogP contribution is 2.49. The molecule has 56 heavy (non-hydrogen) atoms. The van der Waals surface area contributed by atoms with Gasteiger partial charge in [0.25, 0.3) is 0 Å². The molecule has 2 aromatic rings. The van der Waals surface area contributed by atoms with E-state index in [4.69, 9.17) is 28.4 Å². The van der Waals surface area contributed by atoms with Crippen LogP contribution < -0.4 is 9.47 Å². The summed E-state index contributed by atoms with van der Waals surface area (Å²) in [6.45, 7) is 11.0. The van der Waals surface area contributed by atoms with Crippen LogP contribution in [-0.2, 0) is 41.8 Å². The molecule has 4 rings (SSSR count). The quantitative estimate of drug-likeness (QED) is 0.0727. The number of methoxy groups -OCH3 is 2. The number of hydrogen-bond donors (Lipinski definition) is 0. The van der Waals surface area contributed by atoms with Gasteiger partial charge >= 0.3 is 11.9 Å². The molecule has 8 nitrogen and oxygen atoms in total. The van der Waals surface area contributed by atoms with Gasteiger partial charge < -0.3 is 28.4 Å². The van der Waals surface area contributed by atoms with Gasteiger partial charge in [-0.1, -0.05) is 116 Å². The van der Waals surface area contributed by atoms with E-state index in [-0.39, 0.29) is 13.2 Å². The van der Waals surface area contributed by atoms with Crippen LogP contribution in [0.4, 0.5) is 0 Å². The Morgan fingerprint density at radius 1 is 0.571 bits per heavy atom. The van der Waals surface area contributed by atoms with Gasteiger partial charge in [0, 0.05) is 0 Å². The number of carbonyl (C=O) groups excluding carboxylic acids is 2. The minimum Gasteiger partial charge on any atom is -0.494 e. The predicted octanol–water partition coefficient (Wildman–Crippen LogP) is 11.6. The Balaban J connectivity index is 1.25. The van der Waals surface area contributed by atoms with E-state index in [1.54, 1.807) is 0 Å². The summed E-state index contributed by atoms with van der Waals surface area (Å²) in [5.74, 6) is 1.69. The summed E-state index contributed by atoms with van der Waals surface area (Å²) in [5, 5.41) is 0. The Bertz CT molecular complexity index is 1290. The summed E-state index contributed by atoms with van der Waals surface area (Å²) < 4.78 is 34.4. The monoisotopic (exact) mass is 779 g/mol. The average Bonchev–Trinajstić information content (AvgIpc) is 3.23. The van der Waals surface area contributed by atoms with Crippen molar-refractivity contribution < 1.29 is 38.0 Å². The van der Waals surface area contributed by atoms with Gasteiger partial charge in [0.2, 0.25) is 0 Å². The van der Waals surface area contributed by atoms with E-state index in [0.29, 0.717) is 24.0 Å². The van der Waals surface area contributed by atoms with Gasteiger partial charge in [0.15, 0.2) is 12.2 Å². The predicted molar refractivity (Wildman–Crippen MR) is 223 cm³/mol. The van der Waals surface area contributed by atoms with Crippen LogP contribution in [0.25, 0.3) is 0 Å². The van der Waals surface area contributed by atoms with Crippen LogP contribution in [0.1, 0.15) is 154 Å². The second-order valence-electron chi connectivity index (χ2n) is 16.9. The number of benzene rings is 2. The Morgan fingerprint density at radius 2 is 0.929 bits per heavy atom. The van der Waals surface area contributed by atoms with Gasteiger partial charge in [-0.2, -0.15) is 0 Å². The highest BCUT2D eigenvalue weighted by atomic mass is 16.6. The summed E-state index contributed by atoms with van der Waals surface area (Å²) in [6.07, 6.45) is 20.5. The Kier molecular flexibility index (Phi) is 19.5. The van der Waals surface area contributed by atoms with Crippen LogP contribution in [0.5, 0.6) is 11.5 Å². The van der Waals surface area contributed by atoms with Gasteiger partial charge in [0.05, 0.1) is 40.6 Å². The summed E-state index contributed by atoms with van der Waals surface area (Å²) in [4.78, 5) is 25.8. The van der Waals surface area contributed by atoms with Crippen LogP contribution in [0, 0.1) is 22.7 Å². The lowest BCUT2D eigenvalue weighted by atomic mass is 9.63. The molecule has 0 amide bonds. The summed E-state index contributed by atoms with van der Waals surface area (Å²) in [5.41, 5.74) is 2.57. The molecular formula is C48H74O8. The zero-order valence-electron chi connectivity index (χ0n) is 35.8. The van der Waals surface area contributed by atoms with Crippen molar-refractivity contribution in [2.75, 3.05) is 27.4 Å². The zero-order valence-corrected chi connectivity index (χ0v) is 35.8. The van der Waals surface area contributed by atoms with Crippen molar-refractivity contribution in [1.82, 2.24) is 0 Å². The maximum Gasteiger partial charge on any atom is 0.338 e. The lowest BCUT2D eigenvalue weighted by molar-refractivity contribution is -0.182. The van der Waals surface area contributed by atoms with Crippen molar-refractivity contribution in [3.63, 3.8) is 0 Å².